The lowest BCUT2D eigenvalue weighted by atomic mass is 10.2. The first-order chi connectivity index (χ1) is 12.1. The molecule has 0 aliphatic carbocycles. The van der Waals surface area contributed by atoms with Crippen LogP contribution in [0.3, 0.4) is 0 Å². The summed E-state index contributed by atoms with van der Waals surface area (Å²) in [7, 11) is 0. The van der Waals surface area contributed by atoms with Crippen LogP contribution >= 0.6 is 11.6 Å². The normalized spacial score (nSPS) is 12.6. The molecule has 132 valence electrons. The fourth-order valence-electron chi connectivity index (χ4n) is 2.40. The van der Waals surface area contributed by atoms with Crippen molar-refractivity contribution in [3.05, 3.63) is 51.5 Å². The summed E-state index contributed by atoms with van der Waals surface area (Å²) in [6.45, 7) is 2.98. The third kappa shape index (κ3) is 4.04. The van der Waals surface area contributed by atoms with Gasteiger partial charge in [0.15, 0.2) is 11.2 Å². The number of benzene rings is 1. The van der Waals surface area contributed by atoms with Gasteiger partial charge < -0.3 is 9.84 Å². The Bertz CT molecular complexity index is 906. The molecule has 0 aliphatic heterocycles. The maximum Gasteiger partial charge on any atom is 0.283 e. The highest BCUT2D eigenvalue weighted by Gasteiger charge is 2.13. The standard InChI is InChI=1S/C16H18ClN5O3/c1-2-22-15-14(19-20-22)16(24)21(10-18-15)7-13(23)9-25-8-11-3-5-12(17)6-4-11/h3-6,10,13,23H,2,7-9H2,1H3. The van der Waals surface area contributed by atoms with Crippen molar-refractivity contribution in [1.29, 1.82) is 0 Å². The monoisotopic (exact) mass is 363 g/mol. The largest absolute Gasteiger partial charge is 0.389 e. The van der Waals surface area contributed by atoms with Crippen LogP contribution in [0.4, 0.5) is 0 Å². The number of rotatable bonds is 7. The second-order valence-corrected chi connectivity index (χ2v) is 6.01. The summed E-state index contributed by atoms with van der Waals surface area (Å²) >= 11 is 5.82. The second kappa shape index (κ2) is 7.73. The molecule has 8 nitrogen and oxygen atoms in total. The van der Waals surface area contributed by atoms with E-state index >= 15 is 0 Å². The van der Waals surface area contributed by atoms with Gasteiger partial charge in [-0.3, -0.25) is 9.36 Å². The van der Waals surface area contributed by atoms with Crippen molar-refractivity contribution in [3.63, 3.8) is 0 Å². The average Bonchev–Trinajstić information content (AvgIpc) is 3.03. The molecule has 0 bridgehead atoms. The van der Waals surface area contributed by atoms with Crippen LogP contribution in [-0.2, 0) is 24.4 Å². The molecule has 9 heteroatoms. The molecule has 2 aromatic heterocycles. The van der Waals surface area contributed by atoms with Crippen LogP contribution in [0, 0.1) is 0 Å². The molecule has 2 heterocycles. The van der Waals surface area contributed by atoms with E-state index in [-0.39, 0.29) is 24.2 Å². The van der Waals surface area contributed by atoms with Crippen LogP contribution in [0.15, 0.2) is 35.4 Å². The molecule has 25 heavy (non-hydrogen) atoms. The lowest BCUT2D eigenvalue weighted by molar-refractivity contribution is 0.0198. The quantitative estimate of drug-likeness (QED) is 0.678. The number of aromatic nitrogens is 5. The van der Waals surface area contributed by atoms with Crippen molar-refractivity contribution in [3.8, 4) is 0 Å². The van der Waals surface area contributed by atoms with Gasteiger partial charge in [-0.15, -0.1) is 5.10 Å². The van der Waals surface area contributed by atoms with E-state index in [9.17, 15) is 9.90 Å². The van der Waals surface area contributed by atoms with Gasteiger partial charge in [0.1, 0.15) is 6.33 Å². The van der Waals surface area contributed by atoms with Crippen molar-refractivity contribution in [1.82, 2.24) is 24.5 Å². The van der Waals surface area contributed by atoms with Crippen molar-refractivity contribution >= 4 is 22.8 Å². The van der Waals surface area contributed by atoms with Crippen LogP contribution in [0.1, 0.15) is 12.5 Å². The van der Waals surface area contributed by atoms with E-state index in [2.05, 4.69) is 15.3 Å². The third-order valence-corrected chi connectivity index (χ3v) is 3.94. The lowest BCUT2D eigenvalue weighted by Crippen LogP contribution is -2.29. The molecule has 0 aliphatic rings. The molecule has 1 aromatic carbocycles. The number of halogens is 1. The Morgan fingerprint density at radius 2 is 2.08 bits per heavy atom. The van der Waals surface area contributed by atoms with Crippen LogP contribution in [0.25, 0.3) is 11.2 Å². The Morgan fingerprint density at radius 1 is 1.32 bits per heavy atom. The summed E-state index contributed by atoms with van der Waals surface area (Å²) in [5.41, 5.74) is 1.25. The predicted molar refractivity (Wildman–Crippen MR) is 92.4 cm³/mol. The molecule has 1 unspecified atom stereocenters. The number of hydrogen-bond donors (Lipinski definition) is 1. The van der Waals surface area contributed by atoms with Gasteiger partial charge in [0, 0.05) is 11.6 Å². The smallest absolute Gasteiger partial charge is 0.283 e. The first-order valence-electron chi connectivity index (χ1n) is 7.87. The summed E-state index contributed by atoms with van der Waals surface area (Å²) in [6, 6.07) is 7.27. The molecule has 1 atom stereocenters. The topological polar surface area (TPSA) is 95.1 Å². The summed E-state index contributed by atoms with van der Waals surface area (Å²) in [6.07, 6.45) is 0.549. The van der Waals surface area contributed by atoms with Gasteiger partial charge in [-0.25, -0.2) is 9.67 Å². The average molecular weight is 364 g/mol. The van der Waals surface area contributed by atoms with Gasteiger partial charge in [0.2, 0.25) is 0 Å². The highest BCUT2D eigenvalue weighted by molar-refractivity contribution is 6.30. The van der Waals surface area contributed by atoms with E-state index in [0.29, 0.717) is 23.8 Å². The minimum atomic E-state index is -0.842. The number of fused-ring (bicyclic) bond motifs is 1. The molecule has 0 amide bonds. The van der Waals surface area contributed by atoms with E-state index in [4.69, 9.17) is 16.3 Å². The lowest BCUT2D eigenvalue weighted by Gasteiger charge is -2.13. The first-order valence-corrected chi connectivity index (χ1v) is 8.25. The predicted octanol–water partition coefficient (Wildman–Crippen LogP) is 1.24. The number of nitrogens with zero attached hydrogens (tertiary/aromatic N) is 5. The van der Waals surface area contributed by atoms with Crippen molar-refractivity contribution in [2.45, 2.75) is 32.7 Å². The van der Waals surface area contributed by atoms with Crippen LogP contribution < -0.4 is 5.56 Å². The highest BCUT2D eigenvalue weighted by atomic mass is 35.5. The Kier molecular flexibility index (Phi) is 5.42. The molecular weight excluding hydrogens is 346 g/mol. The van der Waals surface area contributed by atoms with E-state index in [1.54, 1.807) is 16.8 Å². The summed E-state index contributed by atoms with van der Waals surface area (Å²) < 4.78 is 8.34. The number of aliphatic hydroxyl groups is 1. The second-order valence-electron chi connectivity index (χ2n) is 5.57. The van der Waals surface area contributed by atoms with Crippen molar-refractivity contribution < 1.29 is 9.84 Å². The van der Waals surface area contributed by atoms with E-state index in [1.807, 2.05) is 19.1 Å². The third-order valence-electron chi connectivity index (χ3n) is 3.69. The van der Waals surface area contributed by atoms with E-state index in [1.165, 1.54) is 10.9 Å². The van der Waals surface area contributed by atoms with Gasteiger partial charge in [-0.05, 0) is 24.6 Å². The van der Waals surface area contributed by atoms with E-state index in [0.717, 1.165) is 5.56 Å². The molecule has 3 aromatic rings. The summed E-state index contributed by atoms with van der Waals surface area (Å²) in [4.78, 5) is 16.6. The fraction of sp³-hybridized carbons (Fsp3) is 0.375. The Labute approximate surface area is 148 Å². The Balaban J connectivity index is 1.60. The van der Waals surface area contributed by atoms with Crippen LogP contribution in [-0.4, -0.2) is 42.4 Å². The Hall–Kier alpha value is -2.29. The van der Waals surface area contributed by atoms with E-state index < -0.39 is 6.10 Å². The molecule has 0 saturated carbocycles. The fourth-order valence-corrected chi connectivity index (χ4v) is 2.53. The van der Waals surface area contributed by atoms with Gasteiger partial charge in [0.05, 0.1) is 25.9 Å². The zero-order chi connectivity index (χ0) is 17.8. The number of aliphatic hydroxyl groups excluding tert-OH is 1. The highest BCUT2D eigenvalue weighted by Crippen LogP contribution is 2.10. The van der Waals surface area contributed by atoms with Gasteiger partial charge in [-0.1, -0.05) is 28.9 Å². The molecule has 0 radical (unpaired) electrons. The molecule has 0 saturated heterocycles. The first kappa shape index (κ1) is 17.5. The molecule has 3 rings (SSSR count). The minimum Gasteiger partial charge on any atom is -0.389 e. The minimum absolute atomic E-state index is 0.0708. The van der Waals surface area contributed by atoms with Crippen LogP contribution in [0.5, 0.6) is 0 Å². The molecular formula is C16H18ClN5O3. The number of ether oxygens (including phenoxy) is 1. The van der Waals surface area contributed by atoms with Gasteiger partial charge in [0.25, 0.3) is 5.56 Å². The van der Waals surface area contributed by atoms with Crippen molar-refractivity contribution in [2.24, 2.45) is 0 Å². The summed E-state index contributed by atoms with van der Waals surface area (Å²) in [5, 5.41) is 18.5. The van der Waals surface area contributed by atoms with Gasteiger partial charge in [-0.2, -0.15) is 0 Å². The molecule has 0 fully saturated rings. The molecule has 0 spiro atoms. The summed E-state index contributed by atoms with van der Waals surface area (Å²) in [5.74, 6) is 0. The van der Waals surface area contributed by atoms with Gasteiger partial charge >= 0.3 is 0 Å². The number of hydrogen-bond acceptors (Lipinski definition) is 6. The Morgan fingerprint density at radius 3 is 2.80 bits per heavy atom. The maximum atomic E-state index is 12.4. The zero-order valence-electron chi connectivity index (χ0n) is 13.7. The molecule has 1 N–H and O–H groups in total. The van der Waals surface area contributed by atoms with Crippen LogP contribution in [0.2, 0.25) is 5.02 Å². The van der Waals surface area contributed by atoms with Crippen molar-refractivity contribution in [2.75, 3.05) is 6.61 Å². The number of aryl methyl sites for hydroxylation is 1. The SMILES string of the molecule is CCn1nnc2c(=O)n(CC(O)COCc3ccc(Cl)cc3)cnc21. The maximum absolute atomic E-state index is 12.4. The zero-order valence-corrected chi connectivity index (χ0v) is 14.4.